The molecule has 3 aromatic rings. The van der Waals surface area contributed by atoms with E-state index in [1.54, 1.807) is 47.2 Å². The second-order valence-corrected chi connectivity index (χ2v) is 6.35. The van der Waals surface area contributed by atoms with Crippen molar-refractivity contribution in [2.75, 3.05) is 6.54 Å². The summed E-state index contributed by atoms with van der Waals surface area (Å²) < 4.78 is 8.42. The van der Waals surface area contributed by atoms with Crippen LogP contribution in [0.15, 0.2) is 51.9 Å². The van der Waals surface area contributed by atoms with Gasteiger partial charge in [-0.3, -0.25) is 9.36 Å². The van der Waals surface area contributed by atoms with Gasteiger partial charge in [0.15, 0.2) is 5.76 Å². The molecule has 0 spiro atoms. The highest BCUT2D eigenvalue weighted by Crippen LogP contribution is 2.36. The lowest BCUT2D eigenvalue weighted by atomic mass is 10.1. The smallest absolute Gasteiger partial charge is 0.346 e. The minimum atomic E-state index is -0.263. The molecule has 27 heavy (non-hydrogen) atoms. The fourth-order valence-corrected chi connectivity index (χ4v) is 2.88. The number of hydrogen-bond acceptors (Lipinski definition) is 5. The lowest BCUT2D eigenvalue weighted by Gasteiger charge is -2.05. The Morgan fingerprint density at radius 1 is 1.30 bits per heavy atom. The number of hydrogen-bond donors (Lipinski definition) is 1. The third kappa shape index (κ3) is 3.40. The van der Waals surface area contributed by atoms with E-state index in [9.17, 15) is 9.59 Å². The minimum absolute atomic E-state index is 0.166. The van der Waals surface area contributed by atoms with E-state index in [4.69, 9.17) is 9.68 Å². The molecule has 0 unspecified atom stereocenters. The van der Waals surface area contributed by atoms with E-state index in [1.165, 1.54) is 4.68 Å². The molecule has 0 aliphatic heterocycles. The van der Waals surface area contributed by atoms with Crippen molar-refractivity contribution >= 4 is 5.91 Å². The molecule has 1 aromatic carbocycles. The van der Waals surface area contributed by atoms with E-state index >= 15 is 0 Å². The molecule has 1 aliphatic carbocycles. The summed E-state index contributed by atoms with van der Waals surface area (Å²) in [5.41, 5.74) is 0.756. The van der Waals surface area contributed by atoms with Crippen molar-refractivity contribution in [3.63, 3.8) is 0 Å². The highest BCUT2D eigenvalue weighted by Gasteiger charge is 2.31. The number of nitriles is 1. The zero-order valence-corrected chi connectivity index (χ0v) is 14.5. The molecule has 0 bridgehead atoms. The summed E-state index contributed by atoms with van der Waals surface area (Å²) in [6.07, 6.45) is 3.46. The van der Waals surface area contributed by atoms with Crippen LogP contribution in [0.25, 0.3) is 11.6 Å². The number of nitrogens with one attached hydrogen (secondary N) is 1. The van der Waals surface area contributed by atoms with Gasteiger partial charge >= 0.3 is 5.69 Å². The molecule has 1 amide bonds. The molecule has 136 valence electrons. The molecule has 0 radical (unpaired) electrons. The third-order valence-electron chi connectivity index (χ3n) is 4.41. The summed E-state index contributed by atoms with van der Waals surface area (Å²) in [4.78, 5) is 24.8. The van der Waals surface area contributed by atoms with Crippen molar-refractivity contribution in [2.45, 2.75) is 25.4 Å². The van der Waals surface area contributed by atoms with Crippen LogP contribution in [0.4, 0.5) is 0 Å². The molecule has 1 fully saturated rings. The number of carbonyl (C=O) groups is 1. The first-order valence-corrected chi connectivity index (χ1v) is 8.69. The minimum Gasteiger partial charge on any atom is -0.461 e. The van der Waals surface area contributed by atoms with Crippen molar-refractivity contribution in [1.82, 2.24) is 19.7 Å². The molecule has 1 saturated carbocycles. The van der Waals surface area contributed by atoms with Crippen LogP contribution in [-0.2, 0) is 6.54 Å². The van der Waals surface area contributed by atoms with Gasteiger partial charge < -0.3 is 9.73 Å². The normalized spacial score (nSPS) is 13.3. The van der Waals surface area contributed by atoms with Crippen LogP contribution in [0.1, 0.15) is 34.8 Å². The van der Waals surface area contributed by atoms with Crippen molar-refractivity contribution in [2.24, 2.45) is 0 Å². The SMILES string of the molecule is N#Cc1ccc(C(=O)NCCn2nc(-c3ccco3)n(C3CC3)c2=O)cc1. The summed E-state index contributed by atoms with van der Waals surface area (Å²) in [7, 11) is 0. The Hall–Kier alpha value is -3.60. The summed E-state index contributed by atoms with van der Waals surface area (Å²) in [6, 6.07) is 12.1. The lowest BCUT2D eigenvalue weighted by Crippen LogP contribution is -2.32. The summed E-state index contributed by atoms with van der Waals surface area (Å²) in [5, 5.41) is 16.0. The second kappa shape index (κ2) is 6.96. The number of nitrogens with zero attached hydrogens (tertiary/aromatic N) is 4. The van der Waals surface area contributed by atoms with Crippen molar-refractivity contribution in [3.8, 4) is 17.7 Å². The Morgan fingerprint density at radius 3 is 2.70 bits per heavy atom. The van der Waals surface area contributed by atoms with Crippen LogP contribution in [0.5, 0.6) is 0 Å². The zero-order valence-electron chi connectivity index (χ0n) is 14.5. The summed E-state index contributed by atoms with van der Waals surface area (Å²) >= 11 is 0. The first-order valence-electron chi connectivity index (χ1n) is 8.69. The Kier molecular flexibility index (Phi) is 4.34. The predicted molar refractivity (Wildman–Crippen MR) is 96.0 cm³/mol. The van der Waals surface area contributed by atoms with Crippen LogP contribution in [0, 0.1) is 11.3 Å². The number of carbonyl (C=O) groups excluding carboxylic acids is 1. The number of amides is 1. The predicted octanol–water partition coefficient (Wildman–Crippen LogP) is 1.94. The molecule has 8 nitrogen and oxygen atoms in total. The molecule has 1 aliphatic rings. The summed E-state index contributed by atoms with van der Waals surface area (Å²) in [6.45, 7) is 0.520. The molecule has 0 saturated heterocycles. The lowest BCUT2D eigenvalue weighted by molar-refractivity contribution is 0.0951. The van der Waals surface area contributed by atoms with E-state index in [2.05, 4.69) is 10.4 Å². The van der Waals surface area contributed by atoms with Crippen LogP contribution in [0.2, 0.25) is 0 Å². The highest BCUT2D eigenvalue weighted by molar-refractivity contribution is 5.94. The molecule has 0 atom stereocenters. The fraction of sp³-hybridized carbons (Fsp3) is 0.263. The number of benzene rings is 1. The molecular formula is C19H17N5O3. The van der Waals surface area contributed by atoms with E-state index in [0.717, 1.165) is 12.8 Å². The fourth-order valence-electron chi connectivity index (χ4n) is 2.88. The molecule has 2 aromatic heterocycles. The maximum absolute atomic E-state index is 12.7. The van der Waals surface area contributed by atoms with Crippen LogP contribution >= 0.6 is 0 Å². The van der Waals surface area contributed by atoms with Crippen molar-refractivity contribution < 1.29 is 9.21 Å². The first kappa shape index (κ1) is 16.8. The molecule has 8 heteroatoms. The molecule has 1 N–H and O–H groups in total. The Morgan fingerprint density at radius 2 is 2.07 bits per heavy atom. The Labute approximate surface area is 154 Å². The Bertz CT molecular complexity index is 1050. The summed E-state index contributed by atoms with van der Waals surface area (Å²) in [5.74, 6) is 0.811. The van der Waals surface area contributed by atoms with E-state index in [0.29, 0.717) is 22.7 Å². The van der Waals surface area contributed by atoms with Gasteiger partial charge in [-0.25, -0.2) is 9.48 Å². The second-order valence-electron chi connectivity index (χ2n) is 6.35. The zero-order chi connectivity index (χ0) is 18.8. The largest absolute Gasteiger partial charge is 0.461 e. The molecule has 2 heterocycles. The van der Waals surface area contributed by atoms with Crippen molar-refractivity contribution in [3.05, 3.63) is 64.3 Å². The average molecular weight is 363 g/mol. The van der Waals surface area contributed by atoms with Gasteiger partial charge in [-0.2, -0.15) is 5.26 Å². The standard InChI is InChI=1S/C19H17N5O3/c20-12-13-3-5-14(6-4-13)18(25)21-9-10-23-19(26)24(15-7-8-15)17(22-23)16-2-1-11-27-16/h1-6,11,15H,7-10H2,(H,21,25). The van der Waals surface area contributed by atoms with E-state index in [1.807, 2.05) is 6.07 Å². The maximum atomic E-state index is 12.7. The molecular weight excluding hydrogens is 346 g/mol. The maximum Gasteiger partial charge on any atom is 0.346 e. The van der Waals surface area contributed by atoms with Gasteiger partial charge in [0.05, 0.1) is 24.4 Å². The quantitative estimate of drug-likeness (QED) is 0.720. The monoisotopic (exact) mass is 363 g/mol. The van der Waals surface area contributed by atoms with Crippen molar-refractivity contribution in [1.29, 1.82) is 5.26 Å². The van der Waals surface area contributed by atoms with Gasteiger partial charge in [0, 0.05) is 18.2 Å². The first-order chi connectivity index (χ1) is 13.2. The van der Waals surface area contributed by atoms with Gasteiger partial charge in [0.1, 0.15) is 0 Å². The van der Waals surface area contributed by atoms with Crippen LogP contribution in [0.3, 0.4) is 0 Å². The van der Waals surface area contributed by atoms with Gasteiger partial charge in [-0.05, 0) is 49.2 Å². The Balaban J connectivity index is 1.45. The third-order valence-corrected chi connectivity index (χ3v) is 4.41. The van der Waals surface area contributed by atoms with Gasteiger partial charge in [-0.1, -0.05) is 0 Å². The van der Waals surface area contributed by atoms with Gasteiger partial charge in [-0.15, -0.1) is 5.10 Å². The average Bonchev–Trinajstić information content (AvgIpc) is 3.26. The molecule has 4 rings (SSSR count). The van der Waals surface area contributed by atoms with Crippen LogP contribution in [-0.4, -0.2) is 26.8 Å². The van der Waals surface area contributed by atoms with Crippen LogP contribution < -0.4 is 11.0 Å². The van der Waals surface area contributed by atoms with Gasteiger partial charge in [0.25, 0.3) is 5.91 Å². The number of rotatable bonds is 6. The van der Waals surface area contributed by atoms with Gasteiger partial charge in [0.2, 0.25) is 5.82 Å². The number of aromatic nitrogens is 3. The highest BCUT2D eigenvalue weighted by atomic mass is 16.3. The number of furan rings is 1. The van der Waals surface area contributed by atoms with E-state index in [-0.39, 0.29) is 30.7 Å². The topological polar surface area (TPSA) is 106 Å². The van der Waals surface area contributed by atoms with E-state index < -0.39 is 0 Å².